The summed E-state index contributed by atoms with van der Waals surface area (Å²) in [6, 6.07) is 0. The number of isocyanates is 2. The number of rotatable bonds is 6. The predicted octanol–water partition coefficient (Wildman–Crippen LogP) is 2.10. The number of carbonyl (C=O) groups excluding carboxylic acids is 2. The van der Waals surface area contributed by atoms with Crippen LogP contribution in [0, 0.1) is 10.8 Å². The van der Waals surface area contributed by atoms with E-state index in [1.165, 1.54) is 0 Å². The summed E-state index contributed by atoms with van der Waals surface area (Å²) in [4.78, 5) is 27.2. The van der Waals surface area contributed by atoms with Crippen LogP contribution in [0.5, 0.6) is 0 Å². The Labute approximate surface area is 90.5 Å². The monoisotopic (exact) mass is 210 g/mol. The SMILES string of the molecule is CC(C)(CN=C=O)CC(C)(C)CN=C=O. The van der Waals surface area contributed by atoms with Crippen molar-refractivity contribution in [1.82, 2.24) is 0 Å². The van der Waals surface area contributed by atoms with Crippen LogP contribution in [0.3, 0.4) is 0 Å². The maximum atomic E-state index is 10.0. The fourth-order valence-electron chi connectivity index (χ4n) is 1.90. The molecule has 0 aromatic heterocycles. The second-order valence-corrected chi connectivity index (χ2v) is 5.32. The van der Waals surface area contributed by atoms with Crippen LogP contribution < -0.4 is 0 Å². The van der Waals surface area contributed by atoms with Gasteiger partial charge in [0.2, 0.25) is 12.2 Å². The molecule has 0 aromatic rings. The minimum absolute atomic E-state index is 0.0840. The van der Waals surface area contributed by atoms with Crippen molar-refractivity contribution in [2.75, 3.05) is 13.1 Å². The zero-order chi connectivity index (χ0) is 11.9. The number of nitrogens with zero attached hydrogens (tertiary/aromatic N) is 2. The predicted molar refractivity (Wildman–Crippen MR) is 58.2 cm³/mol. The van der Waals surface area contributed by atoms with Crippen molar-refractivity contribution < 1.29 is 9.59 Å². The summed E-state index contributed by atoms with van der Waals surface area (Å²) in [6.07, 6.45) is 3.91. The van der Waals surface area contributed by atoms with Crippen LogP contribution in [0.1, 0.15) is 34.1 Å². The smallest absolute Gasteiger partial charge is 0.211 e. The summed E-state index contributed by atoms with van der Waals surface area (Å²) in [5.74, 6) is 0. The molecule has 0 aliphatic carbocycles. The fourth-order valence-corrected chi connectivity index (χ4v) is 1.90. The third-order valence-corrected chi connectivity index (χ3v) is 2.10. The Morgan fingerprint density at radius 1 is 0.867 bits per heavy atom. The van der Waals surface area contributed by atoms with Gasteiger partial charge >= 0.3 is 0 Å². The van der Waals surface area contributed by atoms with Crippen molar-refractivity contribution in [2.24, 2.45) is 20.8 Å². The van der Waals surface area contributed by atoms with E-state index in [-0.39, 0.29) is 10.8 Å². The summed E-state index contributed by atoms with van der Waals surface area (Å²) in [5.41, 5.74) is -0.168. The molecule has 0 saturated carbocycles. The third kappa shape index (κ3) is 6.78. The maximum absolute atomic E-state index is 10.0. The van der Waals surface area contributed by atoms with Crippen LogP contribution in [0.4, 0.5) is 0 Å². The highest BCUT2D eigenvalue weighted by Crippen LogP contribution is 2.33. The molecule has 0 N–H and O–H groups in total. The summed E-state index contributed by atoms with van der Waals surface area (Å²) >= 11 is 0. The van der Waals surface area contributed by atoms with Crippen LogP contribution in [0.2, 0.25) is 0 Å². The van der Waals surface area contributed by atoms with Gasteiger partial charge in [0.05, 0.1) is 13.1 Å². The third-order valence-electron chi connectivity index (χ3n) is 2.10. The molecule has 0 bridgehead atoms. The molecule has 0 fully saturated rings. The van der Waals surface area contributed by atoms with Gasteiger partial charge in [-0.15, -0.1) is 0 Å². The van der Waals surface area contributed by atoms with Crippen molar-refractivity contribution in [2.45, 2.75) is 34.1 Å². The van der Waals surface area contributed by atoms with E-state index in [0.717, 1.165) is 6.42 Å². The first kappa shape index (κ1) is 13.8. The lowest BCUT2D eigenvalue weighted by molar-refractivity contribution is 0.209. The summed E-state index contributed by atoms with van der Waals surface area (Å²) in [5, 5.41) is 0. The molecule has 15 heavy (non-hydrogen) atoms. The zero-order valence-corrected chi connectivity index (χ0v) is 9.83. The second kappa shape index (κ2) is 5.59. The van der Waals surface area contributed by atoms with Gasteiger partial charge < -0.3 is 0 Å². The topological polar surface area (TPSA) is 58.9 Å². The van der Waals surface area contributed by atoms with Crippen LogP contribution in [0.15, 0.2) is 9.98 Å². The molecule has 0 radical (unpaired) electrons. The number of aliphatic imine (C=N–C) groups is 2. The van der Waals surface area contributed by atoms with E-state index in [1.807, 2.05) is 27.7 Å². The van der Waals surface area contributed by atoms with Gasteiger partial charge in [-0.25, -0.2) is 19.6 Å². The van der Waals surface area contributed by atoms with E-state index in [4.69, 9.17) is 0 Å². The molecule has 0 rings (SSSR count). The molecule has 0 spiro atoms. The average molecular weight is 210 g/mol. The zero-order valence-electron chi connectivity index (χ0n) is 9.83. The molecule has 0 saturated heterocycles. The molecule has 4 heteroatoms. The van der Waals surface area contributed by atoms with E-state index in [2.05, 4.69) is 9.98 Å². The molecule has 0 aliphatic heterocycles. The van der Waals surface area contributed by atoms with Gasteiger partial charge in [-0.2, -0.15) is 0 Å². The van der Waals surface area contributed by atoms with Gasteiger partial charge in [0.1, 0.15) is 0 Å². The van der Waals surface area contributed by atoms with Crippen LogP contribution in [-0.2, 0) is 9.59 Å². The first-order valence-corrected chi connectivity index (χ1v) is 4.90. The standard InChI is InChI=1S/C11H18N2O2/c1-10(2,6-12-8-14)5-11(3,4)7-13-9-15/h5-7H2,1-4H3. The van der Waals surface area contributed by atoms with Crippen molar-refractivity contribution >= 4 is 12.2 Å². The highest BCUT2D eigenvalue weighted by molar-refractivity contribution is 5.33. The molecule has 4 nitrogen and oxygen atoms in total. The van der Waals surface area contributed by atoms with Crippen molar-refractivity contribution in [3.05, 3.63) is 0 Å². The Morgan fingerprint density at radius 3 is 1.47 bits per heavy atom. The largest absolute Gasteiger partial charge is 0.234 e. The van der Waals surface area contributed by atoms with E-state index < -0.39 is 0 Å². The van der Waals surface area contributed by atoms with E-state index in [9.17, 15) is 9.59 Å². The number of hydrogen-bond acceptors (Lipinski definition) is 4. The van der Waals surface area contributed by atoms with Gasteiger partial charge in [-0.3, -0.25) is 0 Å². The minimum Gasteiger partial charge on any atom is -0.211 e. The van der Waals surface area contributed by atoms with Crippen molar-refractivity contribution in [1.29, 1.82) is 0 Å². The normalized spacial score (nSPS) is 11.5. The lowest BCUT2D eigenvalue weighted by Gasteiger charge is -2.32. The van der Waals surface area contributed by atoms with E-state index in [0.29, 0.717) is 13.1 Å². The molecule has 0 amide bonds. The fraction of sp³-hybridized carbons (Fsp3) is 0.818. The maximum Gasteiger partial charge on any atom is 0.234 e. The Bertz CT molecular complexity index is 266. The molecule has 0 heterocycles. The summed E-state index contributed by atoms with van der Waals surface area (Å²) in [6.45, 7) is 9.01. The molecule has 0 aromatic carbocycles. The van der Waals surface area contributed by atoms with Gasteiger partial charge in [-0.1, -0.05) is 27.7 Å². The summed E-state index contributed by atoms with van der Waals surface area (Å²) in [7, 11) is 0. The highest BCUT2D eigenvalue weighted by Gasteiger charge is 2.28. The molecule has 0 atom stereocenters. The van der Waals surface area contributed by atoms with Gasteiger partial charge in [0.25, 0.3) is 0 Å². The minimum atomic E-state index is -0.0840. The van der Waals surface area contributed by atoms with Gasteiger partial charge in [0.15, 0.2) is 0 Å². The van der Waals surface area contributed by atoms with Crippen molar-refractivity contribution in [3.8, 4) is 0 Å². The Kier molecular flexibility index (Phi) is 5.13. The van der Waals surface area contributed by atoms with Crippen molar-refractivity contribution in [3.63, 3.8) is 0 Å². The lowest BCUT2D eigenvalue weighted by Crippen LogP contribution is -2.27. The van der Waals surface area contributed by atoms with Gasteiger partial charge in [-0.05, 0) is 17.3 Å². The van der Waals surface area contributed by atoms with Crippen LogP contribution >= 0.6 is 0 Å². The van der Waals surface area contributed by atoms with Crippen LogP contribution in [-0.4, -0.2) is 25.2 Å². The molecular formula is C11H18N2O2. The lowest BCUT2D eigenvalue weighted by atomic mass is 9.75. The van der Waals surface area contributed by atoms with Gasteiger partial charge in [0, 0.05) is 0 Å². The molecule has 0 unspecified atom stereocenters. The Morgan fingerprint density at radius 2 is 1.20 bits per heavy atom. The first-order valence-electron chi connectivity index (χ1n) is 4.90. The molecular weight excluding hydrogens is 192 g/mol. The quantitative estimate of drug-likeness (QED) is 0.498. The summed E-state index contributed by atoms with van der Waals surface area (Å²) < 4.78 is 0. The Hall–Kier alpha value is -1.24. The average Bonchev–Trinajstić information content (AvgIpc) is 2.10. The highest BCUT2D eigenvalue weighted by atomic mass is 16.1. The van der Waals surface area contributed by atoms with Crippen LogP contribution in [0.25, 0.3) is 0 Å². The molecule has 0 aliphatic rings. The number of hydrogen-bond donors (Lipinski definition) is 0. The van der Waals surface area contributed by atoms with E-state index in [1.54, 1.807) is 12.2 Å². The first-order chi connectivity index (χ1) is 6.83. The van der Waals surface area contributed by atoms with E-state index >= 15 is 0 Å². The Balaban J connectivity index is 4.40. The second-order valence-electron chi connectivity index (χ2n) is 5.32. The molecule has 84 valence electrons.